The van der Waals surface area contributed by atoms with Crippen LogP contribution < -0.4 is 5.19 Å². The fraction of sp³-hybridized carbons (Fsp3) is 0.500. The van der Waals surface area contributed by atoms with Gasteiger partial charge in [0, 0.05) is 5.57 Å². The molecule has 1 aliphatic rings. The summed E-state index contributed by atoms with van der Waals surface area (Å²) >= 11 is 0. The first-order valence-electron chi connectivity index (χ1n) is 6.69. The van der Waals surface area contributed by atoms with E-state index in [4.69, 9.17) is 4.42 Å². The third-order valence-electron chi connectivity index (χ3n) is 3.57. The van der Waals surface area contributed by atoms with Gasteiger partial charge < -0.3 is 4.42 Å². The van der Waals surface area contributed by atoms with Gasteiger partial charge in [0.1, 0.15) is 5.76 Å². The van der Waals surface area contributed by atoms with Crippen LogP contribution in [0.15, 0.2) is 34.5 Å². The standard InChI is InChI=1S/C16H24OSi/c1-16(2,3)13-8-7-12(11-13)15-14(9-10-17-15)18(4,5)6/h7,9-11H,8H2,1-6H3. The highest BCUT2D eigenvalue weighted by molar-refractivity contribution is 6.89. The monoisotopic (exact) mass is 260 g/mol. The van der Waals surface area contributed by atoms with Gasteiger partial charge in [-0.15, -0.1) is 0 Å². The summed E-state index contributed by atoms with van der Waals surface area (Å²) in [5.74, 6) is 1.11. The molecule has 0 radical (unpaired) electrons. The van der Waals surface area contributed by atoms with Crippen molar-refractivity contribution in [2.45, 2.75) is 46.8 Å². The first-order valence-corrected chi connectivity index (χ1v) is 10.2. The van der Waals surface area contributed by atoms with E-state index in [0.717, 1.165) is 12.2 Å². The molecule has 1 aliphatic carbocycles. The number of hydrogen-bond donors (Lipinski definition) is 0. The smallest absolute Gasteiger partial charge is 0.132 e. The maximum atomic E-state index is 5.76. The van der Waals surface area contributed by atoms with Crippen molar-refractivity contribution in [2.75, 3.05) is 0 Å². The van der Waals surface area contributed by atoms with Gasteiger partial charge in [-0.2, -0.15) is 0 Å². The van der Waals surface area contributed by atoms with Crippen LogP contribution in [0, 0.1) is 5.41 Å². The van der Waals surface area contributed by atoms with E-state index in [2.05, 4.69) is 58.6 Å². The third-order valence-corrected chi connectivity index (χ3v) is 5.58. The van der Waals surface area contributed by atoms with E-state index in [0.29, 0.717) is 0 Å². The van der Waals surface area contributed by atoms with Crippen molar-refractivity contribution in [3.63, 3.8) is 0 Å². The van der Waals surface area contributed by atoms with Crippen molar-refractivity contribution in [1.29, 1.82) is 0 Å². The summed E-state index contributed by atoms with van der Waals surface area (Å²) in [5, 5.41) is 1.43. The van der Waals surface area contributed by atoms with Crippen molar-refractivity contribution in [3.8, 4) is 0 Å². The van der Waals surface area contributed by atoms with Gasteiger partial charge in [-0.05, 0) is 23.1 Å². The van der Waals surface area contributed by atoms with Crippen molar-refractivity contribution in [3.05, 3.63) is 35.8 Å². The fourth-order valence-electron chi connectivity index (χ4n) is 2.33. The Balaban J connectivity index is 2.36. The van der Waals surface area contributed by atoms with Crippen LogP contribution in [0.5, 0.6) is 0 Å². The van der Waals surface area contributed by atoms with Crippen LogP contribution >= 0.6 is 0 Å². The Labute approximate surface area is 112 Å². The summed E-state index contributed by atoms with van der Waals surface area (Å²) in [6.07, 6.45) is 7.53. The molecular weight excluding hydrogens is 236 g/mol. The molecule has 0 saturated heterocycles. The molecule has 2 heteroatoms. The van der Waals surface area contributed by atoms with E-state index in [1.807, 2.05) is 6.26 Å². The van der Waals surface area contributed by atoms with Crippen LogP contribution in [0.25, 0.3) is 5.57 Å². The van der Waals surface area contributed by atoms with E-state index >= 15 is 0 Å². The van der Waals surface area contributed by atoms with Gasteiger partial charge in [0.15, 0.2) is 0 Å². The molecule has 1 aromatic rings. The first-order chi connectivity index (χ1) is 8.19. The lowest BCUT2D eigenvalue weighted by molar-refractivity contribution is 0.496. The zero-order valence-electron chi connectivity index (χ0n) is 12.4. The zero-order valence-corrected chi connectivity index (χ0v) is 13.4. The summed E-state index contributed by atoms with van der Waals surface area (Å²) < 4.78 is 5.76. The topological polar surface area (TPSA) is 13.1 Å². The highest BCUT2D eigenvalue weighted by Crippen LogP contribution is 2.36. The summed E-state index contributed by atoms with van der Waals surface area (Å²) in [6, 6.07) is 2.16. The van der Waals surface area contributed by atoms with E-state index in [1.165, 1.54) is 16.3 Å². The number of allylic oxidation sites excluding steroid dienone is 4. The van der Waals surface area contributed by atoms with Gasteiger partial charge in [-0.1, -0.05) is 58.1 Å². The Bertz CT molecular complexity index is 504. The Morgan fingerprint density at radius 1 is 1.17 bits per heavy atom. The summed E-state index contributed by atoms with van der Waals surface area (Å²) in [5.41, 5.74) is 3.03. The van der Waals surface area contributed by atoms with Gasteiger partial charge >= 0.3 is 0 Å². The Morgan fingerprint density at radius 2 is 1.83 bits per heavy atom. The van der Waals surface area contributed by atoms with Gasteiger partial charge in [-0.25, -0.2) is 0 Å². The molecule has 1 aromatic heterocycles. The highest BCUT2D eigenvalue weighted by Gasteiger charge is 2.27. The van der Waals surface area contributed by atoms with Crippen molar-refractivity contribution in [2.24, 2.45) is 5.41 Å². The van der Waals surface area contributed by atoms with Crippen molar-refractivity contribution >= 4 is 18.8 Å². The molecule has 2 rings (SSSR count). The van der Waals surface area contributed by atoms with E-state index in [9.17, 15) is 0 Å². The molecule has 0 bridgehead atoms. The summed E-state index contributed by atoms with van der Waals surface area (Å²) in [4.78, 5) is 0. The average molecular weight is 260 g/mol. The predicted molar refractivity (Wildman–Crippen MR) is 81.8 cm³/mol. The van der Waals surface area contributed by atoms with Crippen LogP contribution in [0.3, 0.4) is 0 Å². The quantitative estimate of drug-likeness (QED) is 0.709. The molecule has 0 atom stereocenters. The second kappa shape index (κ2) is 4.27. The molecule has 18 heavy (non-hydrogen) atoms. The van der Waals surface area contributed by atoms with Crippen molar-refractivity contribution in [1.82, 2.24) is 0 Å². The molecule has 0 saturated carbocycles. The number of hydrogen-bond acceptors (Lipinski definition) is 1. The minimum atomic E-state index is -1.32. The van der Waals surface area contributed by atoms with Crippen molar-refractivity contribution < 1.29 is 4.42 Å². The molecule has 0 aliphatic heterocycles. The summed E-state index contributed by atoms with van der Waals surface area (Å²) in [7, 11) is -1.32. The minimum Gasteiger partial charge on any atom is -0.465 e. The maximum absolute atomic E-state index is 5.76. The molecule has 0 unspecified atom stereocenters. The third kappa shape index (κ3) is 2.53. The Kier molecular flexibility index (Phi) is 3.18. The zero-order chi connectivity index (χ0) is 13.6. The van der Waals surface area contributed by atoms with Gasteiger partial charge in [0.05, 0.1) is 14.3 Å². The molecule has 1 heterocycles. The summed E-state index contributed by atoms with van der Waals surface area (Å²) in [6.45, 7) is 13.9. The highest BCUT2D eigenvalue weighted by atomic mass is 28.3. The molecule has 0 amide bonds. The first kappa shape index (κ1) is 13.4. The van der Waals surface area contributed by atoms with Crippen LogP contribution in [0.4, 0.5) is 0 Å². The number of furan rings is 1. The molecule has 0 aromatic carbocycles. The lowest BCUT2D eigenvalue weighted by Crippen LogP contribution is -2.38. The molecule has 98 valence electrons. The largest absolute Gasteiger partial charge is 0.465 e. The van der Waals surface area contributed by atoms with Crippen LogP contribution in [-0.2, 0) is 0 Å². The second-order valence-electron chi connectivity index (χ2n) is 7.20. The lowest BCUT2D eigenvalue weighted by Gasteiger charge is -2.20. The van der Waals surface area contributed by atoms with Crippen LogP contribution in [0.1, 0.15) is 33.0 Å². The molecule has 0 spiro atoms. The minimum absolute atomic E-state index is 0.254. The molecule has 0 N–H and O–H groups in total. The Morgan fingerprint density at radius 3 is 2.33 bits per heavy atom. The normalized spacial score (nSPS) is 16.8. The second-order valence-corrected chi connectivity index (χ2v) is 12.2. The van der Waals surface area contributed by atoms with Crippen LogP contribution in [0.2, 0.25) is 19.6 Å². The lowest BCUT2D eigenvalue weighted by atomic mass is 9.86. The molecule has 1 nitrogen and oxygen atoms in total. The Hall–Kier alpha value is -1.02. The van der Waals surface area contributed by atoms with E-state index < -0.39 is 8.07 Å². The maximum Gasteiger partial charge on any atom is 0.132 e. The van der Waals surface area contributed by atoms with Gasteiger partial charge in [-0.3, -0.25) is 0 Å². The van der Waals surface area contributed by atoms with Gasteiger partial charge in [0.25, 0.3) is 0 Å². The van der Waals surface area contributed by atoms with Crippen LogP contribution in [-0.4, -0.2) is 8.07 Å². The fourth-order valence-corrected chi connectivity index (χ4v) is 3.78. The molecular formula is C16H24OSi. The SMILES string of the molecule is CC(C)(C)C1=CC(c2occc2[Si](C)(C)C)=CC1. The van der Waals surface area contributed by atoms with E-state index in [1.54, 1.807) is 0 Å². The van der Waals surface area contributed by atoms with E-state index in [-0.39, 0.29) is 5.41 Å². The average Bonchev–Trinajstić information content (AvgIpc) is 2.84. The molecule has 0 fully saturated rings. The van der Waals surface area contributed by atoms with Gasteiger partial charge in [0.2, 0.25) is 0 Å². The predicted octanol–water partition coefficient (Wildman–Crippen LogP) is 4.58. The number of rotatable bonds is 2.